The van der Waals surface area contributed by atoms with Gasteiger partial charge in [-0.15, -0.1) is 0 Å². The largest absolute Gasteiger partial charge is 0.481 e. The molecule has 0 radical (unpaired) electrons. The molecule has 180 valence electrons. The first-order valence-corrected chi connectivity index (χ1v) is 8.62. The average Bonchev–Trinajstić information content (AvgIpc) is 2.63. The monoisotopic (exact) mass is 453 g/mol. The Morgan fingerprint density at radius 3 is 1.42 bits per heavy atom. The Hall–Kier alpha value is -3.50. The molecule has 16 N–H and O–H groups in total. The van der Waals surface area contributed by atoms with Crippen LogP contribution < -0.4 is 34.4 Å². The maximum atomic E-state index is 10.2. The number of aliphatic carboxylic acids is 4. The van der Waals surface area contributed by atoms with Crippen LogP contribution in [0.5, 0.6) is 0 Å². The molecule has 0 aromatic carbocycles. The van der Waals surface area contributed by atoms with Crippen LogP contribution in [0.4, 0.5) is 0 Å². The minimum atomic E-state index is -1.29. The summed E-state index contributed by atoms with van der Waals surface area (Å²) < 4.78 is 0. The number of carbonyl (C=O) groups is 5. The molecule has 16 nitrogen and oxygen atoms in total. The lowest BCUT2D eigenvalue weighted by Gasteiger charge is -2.03. The second kappa shape index (κ2) is 18.5. The second-order valence-electron chi connectivity index (χ2n) is 5.89. The maximum absolute atomic E-state index is 10.2. The van der Waals surface area contributed by atoms with E-state index in [4.69, 9.17) is 54.8 Å². The predicted octanol–water partition coefficient (Wildman–Crippen LogP) is -4.01. The first-order valence-electron chi connectivity index (χ1n) is 8.62. The Kier molecular flexibility index (Phi) is 19.2. The van der Waals surface area contributed by atoms with Crippen LogP contribution in [0.3, 0.4) is 0 Å². The van der Waals surface area contributed by atoms with Gasteiger partial charge >= 0.3 is 23.9 Å². The number of primary amides is 1. The summed E-state index contributed by atoms with van der Waals surface area (Å²) in [7, 11) is 0. The molecule has 31 heavy (non-hydrogen) atoms. The summed E-state index contributed by atoms with van der Waals surface area (Å²) in [5.41, 5.74) is 30.0. The normalized spacial score (nSPS) is 12.4. The number of rotatable bonds is 12. The van der Waals surface area contributed by atoms with Crippen LogP contribution in [0.25, 0.3) is 0 Å². The van der Waals surface area contributed by atoms with Crippen molar-refractivity contribution in [2.24, 2.45) is 39.4 Å². The summed E-state index contributed by atoms with van der Waals surface area (Å²) in [5, 5.41) is 32.6. The van der Waals surface area contributed by atoms with E-state index in [2.05, 4.69) is 4.99 Å². The number of hydrogen-bond acceptors (Lipinski definition) is 9. The number of guanidine groups is 1. The highest BCUT2D eigenvalue weighted by molar-refractivity contribution is 5.80. The summed E-state index contributed by atoms with van der Waals surface area (Å²) in [6, 6.07) is -3.09. The van der Waals surface area contributed by atoms with E-state index < -0.39 is 54.3 Å². The quantitative estimate of drug-likeness (QED) is 0.0764. The van der Waals surface area contributed by atoms with Crippen molar-refractivity contribution >= 4 is 35.7 Å². The topological polar surface area (TPSA) is 335 Å². The molecule has 0 saturated heterocycles. The Morgan fingerprint density at radius 1 is 0.710 bits per heavy atom. The van der Waals surface area contributed by atoms with E-state index in [1.807, 2.05) is 0 Å². The molecule has 0 saturated carbocycles. The van der Waals surface area contributed by atoms with Crippen LogP contribution >= 0.6 is 0 Å². The number of carbonyl (C=O) groups excluding carboxylic acids is 1. The van der Waals surface area contributed by atoms with Gasteiger partial charge in [-0.3, -0.25) is 29.0 Å². The molecular formula is C15H31N7O9. The average molecular weight is 453 g/mol. The van der Waals surface area contributed by atoms with Crippen LogP contribution in [0.15, 0.2) is 4.99 Å². The van der Waals surface area contributed by atoms with Crippen molar-refractivity contribution in [1.82, 2.24) is 0 Å². The lowest BCUT2D eigenvalue weighted by atomic mass is 10.2. The van der Waals surface area contributed by atoms with Gasteiger partial charge in [0.2, 0.25) is 5.91 Å². The molecule has 16 heteroatoms. The molecule has 3 atom stereocenters. The van der Waals surface area contributed by atoms with Crippen LogP contribution in [0.1, 0.15) is 32.1 Å². The van der Waals surface area contributed by atoms with E-state index in [9.17, 15) is 24.0 Å². The summed E-state index contributed by atoms with van der Waals surface area (Å²) in [6.45, 7) is 0.420. The lowest BCUT2D eigenvalue weighted by molar-refractivity contribution is -0.144. The number of nitrogens with zero attached hydrogens (tertiary/aromatic N) is 1. The fourth-order valence-electron chi connectivity index (χ4n) is 1.34. The molecule has 1 amide bonds. The van der Waals surface area contributed by atoms with Crippen molar-refractivity contribution in [2.45, 2.75) is 50.2 Å². The number of hydrogen-bond donors (Lipinski definition) is 10. The van der Waals surface area contributed by atoms with Gasteiger partial charge in [-0.1, -0.05) is 0 Å². The van der Waals surface area contributed by atoms with Crippen LogP contribution in [-0.4, -0.2) is 80.8 Å². The number of amides is 1. The molecule has 0 aromatic rings. The van der Waals surface area contributed by atoms with E-state index in [0.717, 1.165) is 0 Å². The van der Waals surface area contributed by atoms with E-state index in [-0.39, 0.29) is 18.8 Å². The standard InChI is InChI=1S/C6H14N4O2.C5H10N2O3.C4H7NO4/c7-4(5(11)12)2-1-3-10-6(8)9;6-3(5(9)10)1-2-4(7)8;5-2(4(8)9)1-3(6)7/h4H,1-3,7H2,(H,11,12)(H4,8,9,10);3H,1-2,6H2,(H2,7,8)(H,9,10);2H,1,5H2,(H,6,7)(H,8,9)/t4-;3-;2-/m000/s1. The Labute approximate surface area is 177 Å². The third-order valence-corrected chi connectivity index (χ3v) is 3.02. The fourth-order valence-corrected chi connectivity index (χ4v) is 1.34. The van der Waals surface area contributed by atoms with Crippen molar-refractivity contribution in [3.05, 3.63) is 0 Å². The summed E-state index contributed by atoms with van der Waals surface area (Å²) >= 11 is 0. The zero-order valence-corrected chi connectivity index (χ0v) is 16.7. The van der Waals surface area contributed by atoms with Crippen molar-refractivity contribution in [3.8, 4) is 0 Å². The van der Waals surface area contributed by atoms with Gasteiger partial charge in [0.1, 0.15) is 18.1 Å². The third kappa shape index (κ3) is 26.5. The molecule has 0 aliphatic rings. The number of carboxylic acids is 4. The third-order valence-electron chi connectivity index (χ3n) is 3.02. The van der Waals surface area contributed by atoms with Crippen molar-refractivity contribution < 1.29 is 44.4 Å². The first kappa shape index (κ1) is 32.2. The zero-order valence-electron chi connectivity index (χ0n) is 16.7. The van der Waals surface area contributed by atoms with E-state index in [0.29, 0.717) is 19.4 Å². The molecule has 0 fully saturated rings. The maximum Gasteiger partial charge on any atom is 0.321 e. The second-order valence-corrected chi connectivity index (χ2v) is 5.89. The number of aliphatic imine (C=N–C) groups is 1. The smallest absolute Gasteiger partial charge is 0.321 e. The molecule has 0 spiro atoms. The molecule has 0 bridgehead atoms. The van der Waals surface area contributed by atoms with Gasteiger partial charge in [0.05, 0.1) is 6.42 Å². The van der Waals surface area contributed by atoms with Gasteiger partial charge in [-0.2, -0.15) is 0 Å². The Bertz CT molecular complexity index is 624. The van der Waals surface area contributed by atoms with Gasteiger partial charge < -0.3 is 54.8 Å². The highest BCUT2D eigenvalue weighted by Crippen LogP contribution is 1.94. The molecule has 0 aliphatic heterocycles. The van der Waals surface area contributed by atoms with E-state index in [1.54, 1.807) is 0 Å². The van der Waals surface area contributed by atoms with E-state index >= 15 is 0 Å². The van der Waals surface area contributed by atoms with Crippen molar-refractivity contribution in [2.75, 3.05) is 6.54 Å². The summed E-state index contributed by atoms with van der Waals surface area (Å²) in [4.78, 5) is 53.6. The van der Waals surface area contributed by atoms with Crippen molar-refractivity contribution in [1.29, 1.82) is 0 Å². The fraction of sp³-hybridized carbons (Fsp3) is 0.600. The van der Waals surface area contributed by atoms with Crippen LogP contribution in [0, 0.1) is 0 Å². The van der Waals surface area contributed by atoms with Crippen LogP contribution in [-0.2, 0) is 24.0 Å². The minimum absolute atomic E-state index is 0.0129. The lowest BCUT2D eigenvalue weighted by Crippen LogP contribution is -2.32. The molecular weight excluding hydrogens is 422 g/mol. The highest BCUT2D eigenvalue weighted by Gasteiger charge is 2.14. The molecule has 0 rings (SSSR count). The van der Waals surface area contributed by atoms with Crippen molar-refractivity contribution in [3.63, 3.8) is 0 Å². The van der Waals surface area contributed by atoms with Gasteiger partial charge in [0, 0.05) is 13.0 Å². The molecule has 0 heterocycles. The minimum Gasteiger partial charge on any atom is -0.481 e. The first-order chi connectivity index (χ1) is 14.1. The van der Waals surface area contributed by atoms with E-state index in [1.165, 1.54) is 0 Å². The van der Waals surface area contributed by atoms with Crippen LogP contribution in [0.2, 0.25) is 0 Å². The molecule has 0 aliphatic carbocycles. The SMILES string of the molecule is NC(=O)CC[C@H](N)C(=O)O.NC(N)=NCCC[C@H](N)C(=O)O.N[C@@H](CC(=O)O)C(=O)O. The highest BCUT2D eigenvalue weighted by atomic mass is 16.4. The summed E-state index contributed by atoms with van der Waals surface area (Å²) in [5.74, 6) is -5.13. The molecule has 0 unspecified atom stereocenters. The van der Waals surface area contributed by atoms with Gasteiger partial charge in [0.15, 0.2) is 5.96 Å². The number of carboxylic acid groups (broad SMARTS) is 4. The van der Waals surface area contributed by atoms with Gasteiger partial charge in [0.25, 0.3) is 0 Å². The van der Waals surface area contributed by atoms with Gasteiger partial charge in [-0.05, 0) is 19.3 Å². The molecule has 0 aromatic heterocycles. The Balaban J connectivity index is -0.000000384. The summed E-state index contributed by atoms with van der Waals surface area (Å²) in [6.07, 6.45) is 0.547. The number of nitrogens with two attached hydrogens (primary N) is 6. The van der Waals surface area contributed by atoms with Gasteiger partial charge in [-0.25, -0.2) is 0 Å². The Morgan fingerprint density at radius 2 is 1.13 bits per heavy atom. The zero-order chi connectivity index (χ0) is 25.1. The predicted molar refractivity (Wildman–Crippen MR) is 107 cm³/mol.